The number of carbonyl (C=O) groups is 2. The molecule has 0 unspecified atom stereocenters. The van der Waals surface area contributed by atoms with E-state index in [0.717, 1.165) is 0 Å². The fraction of sp³-hybridized carbons (Fsp3) is 0.944. The van der Waals surface area contributed by atoms with Crippen LogP contribution in [0.25, 0.3) is 0 Å². The maximum atomic E-state index is 13.8. The molecular weight excluding hydrogens is 2460 g/mol. The number of rotatable bonds is 61. The molecular formula is C36H52N2Na16O70S16. The smallest absolute Gasteiger partial charge is 0.726 e. The minimum absolute atomic E-state index is 0. The van der Waals surface area contributed by atoms with Crippen LogP contribution in [-0.4, -0.2) is 369 Å². The number of ether oxygens (including phenoxy) is 4. The van der Waals surface area contributed by atoms with Crippen molar-refractivity contribution in [1.82, 2.24) is 10.6 Å². The van der Waals surface area contributed by atoms with Gasteiger partial charge in [0.1, 0.15) is 73.2 Å². The fourth-order valence-electron chi connectivity index (χ4n) is 9.90. The van der Waals surface area contributed by atoms with Crippen LogP contribution in [0, 0.1) is 0 Å². The van der Waals surface area contributed by atoms with Gasteiger partial charge in [-0.2, -0.15) is 0 Å². The summed E-state index contributed by atoms with van der Waals surface area (Å²) in [6, 6.07) is 0. The van der Waals surface area contributed by atoms with Gasteiger partial charge < -0.3 is 102 Å². The number of hydrogen-bond donors (Lipinski definition) is 2. The first-order valence-electron chi connectivity index (χ1n) is 30.5. The SMILES string of the molecule is O=C(NCCCCCCCCCCCCNC(=O)[C@H](OS(=O)(=O)[O-])[C@H](OS(=O)(=O)[O-])[C@@H](O[C@@H]1O[C@@H](COS(=O)(=O)[O-])[C@H](OS(=O)(=O)[O-])[C@@H](OS(=O)(=O)[O-])[C@@H]1OS(=O)(=O)[O-])[C@H](COS(=O)(=O)[O-])OS(=O)(=O)[O-])[C@@H](OS(=O)(=O)[O-])[C@H](OS(=O)(=O)[O-])[C@@H](O[C@@H]1O[C@@H](COS(=O)(=O)[O-])[C@H](OS(=O)(=O)[O-])[C@@H](OS(=O)(=O)[O-])[C@@H]1OS(=O)(=O)[O-])[C@H](COS(=O)(=O)[O-])OS(=O)(=O)[O-].[Na+].[Na+].[Na+].[Na+].[Na+].[Na+].[Na+].[Na+].[Na+].[Na+].[Na+].[Na+].[Na+].[Na+].[Na+].[Na+]. The van der Waals surface area contributed by atoms with E-state index >= 15 is 0 Å². The van der Waals surface area contributed by atoms with E-state index < -0.39 is 341 Å². The minimum atomic E-state index is -7.00. The van der Waals surface area contributed by atoms with E-state index in [-0.39, 0.29) is 524 Å². The first-order valence-corrected chi connectivity index (χ1v) is 51.9. The predicted molar refractivity (Wildman–Crippen MR) is 337 cm³/mol. The molecule has 0 spiro atoms. The zero-order valence-electron chi connectivity index (χ0n) is 74.8. The summed E-state index contributed by atoms with van der Waals surface area (Å²) in [4.78, 5) is 27.7. The van der Waals surface area contributed by atoms with Crippen molar-refractivity contribution >= 4 is 178 Å². The Morgan fingerprint density at radius 3 is 0.614 bits per heavy atom. The summed E-state index contributed by atoms with van der Waals surface area (Å²) in [6.45, 7) is -11.9. The molecule has 0 bridgehead atoms. The molecule has 18 atom stereocenters. The van der Waals surface area contributed by atoms with Crippen molar-refractivity contribution in [3.8, 4) is 0 Å². The minimum Gasteiger partial charge on any atom is -0.726 e. The number of unbranched alkanes of at least 4 members (excludes halogenated alkanes) is 9. The number of carbonyl (C=O) groups excluding carboxylic acids is 2. The average Bonchev–Trinajstić information content (AvgIpc) is 0.761. The van der Waals surface area contributed by atoms with Crippen LogP contribution >= 0.6 is 0 Å². The molecule has 140 heavy (non-hydrogen) atoms. The van der Waals surface area contributed by atoms with E-state index in [1.165, 1.54) is 0 Å². The molecule has 2 N–H and O–H groups in total. The number of amides is 2. The van der Waals surface area contributed by atoms with Crippen molar-refractivity contribution in [3.63, 3.8) is 0 Å². The molecule has 2 aliphatic rings. The van der Waals surface area contributed by atoms with Gasteiger partial charge in [-0.05, 0) is 12.8 Å². The zero-order chi connectivity index (χ0) is 96.4. The molecule has 2 aliphatic heterocycles. The van der Waals surface area contributed by atoms with Crippen LogP contribution in [0.1, 0.15) is 64.2 Å². The molecule has 0 saturated carbocycles. The van der Waals surface area contributed by atoms with Crippen LogP contribution in [-0.2, 0) is 262 Å². The summed E-state index contributed by atoms with van der Waals surface area (Å²) < 4.78 is 655. The van der Waals surface area contributed by atoms with Gasteiger partial charge in [-0.3, -0.25) is 76.5 Å². The fourth-order valence-corrected chi connectivity index (χ4v) is 16.8. The van der Waals surface area contributed by atoms with Crippen LogP contribution in [0.15, 0.2) is 0 Å². The molecule has 0 aromatic rings. The summed E-state index contributed by atoms with van der Waals surface area (Å²) >= 11 is 0. The van der Waals surface area contributed by atoms with Crippen LogP contribution < -0.4 is 484 Å². The van der Waals surface area contributed by atoms with Crippen molar-refractivity contribution in [2.24, 2.45) is 0 Å². The monoisotopic (exact) mass is 2510 g/mol. The zero-order valence-corrected chi connectivity index (χ0v) is 120. The Balaban J connectivity index is -0.000000751. The predicted octanol–water partition coefficient (Wildman–Crippen LogP) is -64.5. The summed E-state index contributed by atoms with van der Waals surface area (Å²) in [5.41, 5.74) is 0. The molecule has 2 rings (SSSR count). The van der Waals surface area contributed by atoms with E-state index in [4.69, 9.17) is 18.9 Å². The van der Waals surface area contributed by atoms with Crippen molar-refractivity contribution in [1.29, 1.82) is 0 Å². The van der Waals surface area contributed by atoms with E-state index in [0.29, 0.717) is 0 Å². The van der Waals surface area contributed by atoms with Crippen molar-refractivity contribution < 1.29 is 776 Å². The largest absolute Gasteiger partial charge is 1.00 e. The van der Waals surface area contributed by atoms with Gasteiger partial charge in [-0.1, -0.05) is 51.4 Å². The molecule has 0 aromatic heterocycles. The van der Waals surface area contributed by atoms with Crippen molar-refractivity contribution in [3.05, 3.63) is 0 Å². The van der Waals surface area contributed by atoms with Gasteiger partial charge in [0.2, 0.25) is 166 Å². The summed E-state index contributed by atoms with van der Waals surface area (Å²) in [5, 5.41) is 3.30. The molecule has 2 heterocycles. The van der Waals surface area contributed by atoms with Gasteiger partial charge in [0.25, 0.3) is 11.8 Å². The topological polar surface area (TPSA) is 1160 Å². The Morgan fingerprint density at radius 2 is 0.421 bits per heavy atom. The van der Waals surface area contributed by atoms with Gasteiger partial charge in [0, 0.05) is 13.1 Å². The summed E-state index contributed by atoms with van der Waals surface area (Å²) in [6.07, 6.45) is -70.7. The molecule has 738 valence electrons. The van der Waals surface area contributed by atoms with Gasteiger partial charge >= 0.3 is 473 Å². The Hall–Kier alpha value is 12.7. The molecule has 0 radical (unpaired) electrons. The van der Waals surface area contributed by atoms with E-state index in [1.54, 1.807) is 10.6 Å². The van der Waals surface area contributed by atoms with Crippen LogP contribution in [0.4, 0.5) is 0 Å². The van der Waals surface area contributed by atoms with E-state index in [1.807, 2.05) is 0 Å². The quantitative estimate of drug-likeness (QED) is 0.0247. The molecule has 0 aromatic carbocycles. The third kappa shape index (κ3) is 90.0. The average molecular weight is 2510 g/mol. The summed E-state index contributed by atoms with van der Waals surface area (Å²) in [7, 11) is -107. The number of hydrogen-bond acceptors (Lipinski definition) is 70. The first-order chi connectivity index (χ1) is 55.3. The second-order valence-electron chi connectivity index (χ2n) is 22.9. The Kier molecular flexibility index (Phi) is 107. The third-order valence-corrected chi connectivity index (χ3v) is 20.9. The Bertz CT molecular complexity index is 5280. The van der Waals surface area contributed by atoms with Crippen LogP contribution in [0.5, 0.6) is 0 Å². The van der Waals surface area contributed by atoms with Gasteiger partial charge in [0.15, 0.2) is 37.0 Å². The molecule has 2 saturated heterocycles. The van der Waals surface area contributed by atoms with E-state index in [9.17, 15) is 217 Å². The molecule has 104 heteroatoms. The third-order valence-electron chi connectivity index (χ3n) is 13.7. The summed E-state index contributed by atoms with van der Waals surface area (Å²) in [5.74, 6) is -4.83. The van der Waals surface area contributed by atoms with Crippen molar-refractivity contribution in [2.45, 2.75) is 174 Å². The second kappa shape index (κ2) is 80.6. The normalized spacial score (nSPS) is 20.7. The van der Waals surface area contributed by atoms with Crippen molar-refractivity contribution in [2.75, 3.05) is 39.5 Å². The molecule has 72 nitrogen and oxygen atoms in total. The van der Waals surface area contributed by atoms with Gasteiger partial charge in [-0.15, -0.1) is 0 Å². The molecule has 2 fully saturated rings. The van der Waals surface area contributed by atoms with Crippen LogP contribution in [0.3, 0.4) is 0 Å². The number of nitrogens with one attached hydrogen (secondary N) is 2. The molecule has 2 amide bonds. The van der Waals surface area contributed by atoms with Gasteiger partial charge in [0.05, 0.1) is 26.4 Å². The maximum Gasteiger partial charge on any atom is 1.00 e. The molecule has 0 aliphatic carbocycles. The standard InChI is InChI=1S/C36H68N2O70S16.16Na/c39-33(29(105-121(77,78)79)25(101-117(65,66)67)21(19(97-113(53,54)55)15-91-111(47,48)49)95-35-31(107-123(83,84)85)27(103-119(71,72)73)23(99-115(59,60)61)17(93-35)13-89-109(41,42)43)37-11-9-7-5-3-1-2-4-6-8-10-12-38-34(40)30(106-122(80,81)82)26(102-118(68,69)70)22(20(98-114(56,57)58)16-92-112(50,51)52)96-36-32(108-124(86,87)88)28(104-120(74,75)76)24(100-116(62,63)64)18(94-36)14-90-110(44,45)46;;;;;;;;;;;;;;;;/h17-32,35-36H,1-16H2,(H,37,39)(H,38,40)(H,41,42,43)(H,44,45,46)(H,47,48,49)(H,50,51,52)(H,53,54,55)(H,56,57,58)(H,59,60,61)(H,62,63,64)(H,65,66,67)(H,68,69,70)(H,71,72,73)(H,74,75,76)(H,77,78,79)(H,80,81,82)(H,83,84,85)(H,86,87,88);;;;;;;;;;;;;;;;/q;16*+1/p-16/t17-,18-,19-,20-,21-,22-,23-,24-,25+,26+,27+,28+,29-,30+,31-,32-,35-,36-;;;;;;;;;;;;;;;;/m0................/s1. The first kappa shape index (κ1) is 185. The van der Waals surface area contributed by atoms with Gasteiger partial charge in [-0.25, -0.2) is 135 Å². The Morgan fingerprint density at radius 1 is 0.229 bits per heavy atom. The van der Waals surface area contributed by atoms with E-state index in [2.05, 4.69) is 66.9 Å². The maximum absolute atomic E-state index is 13.8. The Labute approximate surface area is 1160 Å². The second-order valence-corrected chi connectivity index (χ2v) is 39.2. The van der Waals surface area contributed by atoms with Crippen LogP contribution in [0.2, 0.25) is 0 Å².